The lowest BCUT2D eigenvalue weighted by atomic mass is 10.2. The average Bonchev–Trinajstić information content (AvgIpc) is 2.32. The Morgan fingerprint density at radius 1 is 1.21 bits per heavy atom. The summed E-state index contributed by atoms with van der Waals surface area (Å²) in [5.41, 5.74) is 0.751. The lowest BCUT2D eigenvalue weighted by Crippen LogP contribution is -2.21. The molecule has 0 saturated carbocycles. The van der Waals surface area contributed by atoms with Crippen molar-refractivity contribution in [2.24, 2.45) is 0 Å². The molecule has 0 fully saturated rings. The van der Waals surface area contributed by atoms with Crippen molar-refractivity contribution in [1.29, 1.82) is 0 Å². The molecule has 19 heavy (non-hydrogen) atoms. The first-order valence-electron chi connectivity index (χ1n) is 5.47. The minimum Gasteiger partial charge on any atom is -0.293 e. The molecule has 0 aliphatic heterocycles. The molecule has 0 atom stereocenters. The zero-order valence-corrected chi connectivity index (χ0v) is 11.8. The first kappa shape index (κ1) is 13.8. The molecule has 6 heteroatoms. The van der Waals surface area contributed by atoms with E-state index in [1.165, 1.54) is 17.7 Å². The van der Waals surface area contributed by atoms with Gasteiger partial charge in [-0.15, -0.1) is 0 Å². The van der Waals surface area contributed by atoms with E-state index in [4.69, 9.17) is 23.2 Å². The van der Waals surface area contributed by atoms with E-state index < -0.39 is 0 Å². The van der Waals surface area contributed by atoms with Crippen LogP contribution in [0.1, 0.15) is 23.1 Å². The van der Waals surface area contributed by atoms with Gasteiger partial charge in [0.1, 0.15) is 0 Å². The van der Waals surface area contributed by atoms with Crippen LogP contribution in [0.25, 0.3) is 5.69 Å². The molecule has 0 bridgehead atoms. The maximum absolute atomic E-state index is 11.6. The fourth-order valence-electron chi connectivity index (χ4n) is 1.67. The molecule has 0 amide bonds. The first-order valence-corrected chi connectivity index (χ1v) is 6.23. The average molecular weight is 297 g/mol. The zero-order chi connectivity index (χ0) is 14.2. The van der Waals surface area contributed by atoms with E-state index >= 15 is 0 Å². The van der Waals surface area contributed by atoms with Crippen LogP contribution in [0.5, 0.6) is 0 Å². The summed E-state index contributed by atoms with van der Waals surface area (Å²) >= 11 is 11.8. The Labute approximate surface area is 119 Å². The Morgan fingerprint density at radius 2 is 1.89 bits per heavy atom. The molecular formula is C13H10Cl2N2O2. The fourth-order valence-corrected chi connectivity index (χ4v) is 1.96. The quantitative estimate of drug-likeness (QED) is 0.801. The molecule has 0 N–H and O–H groups in total. The van der Waals surface area contributed by atoms with Crippen LogP contribution in [0.15, 0.2) is 29.1 Å². The van der Waals surface area contributed by atoms with Crippen molar-refractivity contribution < 1.29 is 4.79 Å². The van der Waals surface area contributed by atoms with Gasteiger partial charge in [-0.05, 0) is 25.1 Å². The van der Waals surface area contributed by atoms with Gasteiger partial charge in [0.2, 0.25) is 5.43 Å². The monoisotopic (exact) mass is 296 g/mol. The molecule has 98 valence electrons. The van der Waals surface area contributed by atoms with Gasteiger partial charge in [0.05, 0.1) is 15.7 Å². The molecule has 2 aromatic rings. The Bertz CT molecular complexity index is 723. The molecule has 0 aliphatic rings. The minimum atomic E-state index is -0.388. The van der Waals surface area contributed by atoms with Crippen molar-refractivity contribution in [1.82, 2.24) is 9.78 Å². The summed E-state index contributed by atoms with van der Waals surface area (Å²) in [5, 5.41) is 4.87. The SMILES string of the molecule is CC(=O)c1nn(-c2ccc(Cl)c(Cl)c2)c(C)cc1=O. The third-order valence-electron chi connectivity index (χ3n) is 2.59. The van der Waals surface area contributed by atoms with Crippen LogP contribution < -0.4 is 5.43 Å². The normalized spacial score (nSPS) is 10.5. The van der Waals surface area contributed by atoms with Gasteiger partial charge < -0.3 is 0 Å². The second kappa shape index (κ2) is 5.15. The van der Waals surface area contributed by atoms with E-state index in [1.54, 1.807) is 25.1 Å². The summed E-state index contributed by atoms with van der Waals surface area (Å²) in [5.74, 6) is -0.376. The standard InChI is InChI=1S/C13H10Cl2N2O2/c1-7-5-12(19)13(8(2)18)16-17(7)9-3-4-10(14)11(15)6-9/h3-6H,1-2H3. The number of halogens is 2. The molecule has 0 saturated heterocycles. The Balaban J connectivity index is 2.68. The van der Waals surface area contributed by atoms with E-state index in [9.17, 15) is 9.59 Å². The van der Waals surface area contributed by atoms with Gasteiger partial charge >= 0.3 is 0 Å². The van der Waals surface area contributed by atoms with Crippen molar-refractivity contribution in [2.45, 2.75) is 13.8 Å². The highest BCUT2D eigenvalue weighted by molar-refractivity contribution is 6.42. The number of carbonyl (C=O) groups is 1. The lowest BCUT2D eigenvalue weighted by molar-refractivity contribution is 0.101. The largest absolute Gasteiger partial charge is 0.293 e. The van der Waals surface area contributed by atoms with Crippen LogP contribution in [-0.4, -0.2) is 15.6 Å². The van der Waals surface area contributed by atoms with Crippen LogP contribution in [0, 0.1) is 6.92 Å². The van der Waals surface area contributed by atoms with Gasteiger partial charge in [-0.25, -0.2) is 4.68 Å². The van der Waals surface area contributed by atoms with Crippen molar-refractivity contribution in [3.05, 3.63) is 55.9 Å². The summed E-state index contributed by atoms with van der Waals surface area (Å²) < 4.78 is 1.49. The number of aryl methyl sites for hydroxylation is 1. The molecule has 2 rings (SSSR count). The van der Waals surface area contributed by atoms with Gasteiger partial charge in [-0.3, -0.25) is 9.59 Å². The van der Waals surface area contributed by atoms with Crippen molar-refractivity contribution in [3.8, 4) is 5.69 Å². The highest BCUT2D eigenvalue weighted by Gasteiger charge is 2.11. The summed E-state index contributed by atoms with van der Waals surface area (Å²) in [6.45, 7) is 3.03. The van der Waals surface area contributed by atoms with Crippen LogP contribution >= 0.6 is 23.2 Å². The van der Waals surface area contributed by atoms with Crippen LogP contribution in [0.4, 0.5) is 0 Å². The van der Waals surface area contributed by atoms with Gasteiger partial charge in [-0.1, -0.05) is 23.2 Å². The molecule has 0 radical (unpaired) electrons. The number of hydrogen-bond donors (Lipinski definition) is 0. The van der Waals surface area contributed by atoms with E-state index in [2.05, 4.69) is 5.10 Å². The third-order valence-corrected chi connectivity index (χ3v) is 3.33. The summed E-state index contributed by atoms with van der Waals surface area (Å²) in [4.78, 5) is 23.0. The number of Topliss-reactive ketones (excluding diaryl/α,β-unsaturated/α-hetero) is 1. The highest BCUT2D eigenvalue weighted by atomic mass is 35.5. The van der Waals surface area contributed by atoms with Crippen molar-refractivity contribution >= 4 is 29.0 Å². The Hall–Kier alpha value is -1.65. The fraction of sp³-hybridized carbons (Fsp3) is 0.154. The van der Waals surface area contributed by atoms with Crippen molar-refractivity contribution in [2.75, 3.05) is 0 Å². The molecule has 1 aromatic heterocycles. The molecule has 4 nitrogen and oxygen atoms in total. The second-order valence-corrected chi connectivity index (χ2v) is 4.88. The highest BCUT2D eigenvalue weighted by Crippen LogP contribution is 2.24. The minimum absolute atomic E-state index is 0.100. The number of benzene rings is 1. The number of ketones is 1. The van der Waals surface area contributed by atoms with E-state index in [1.807, 2.05) is 0 Å². The van der Waals surface area contributed by atoms with Gasteiger partial charge in [0.15, 0.2) is 11.5 Å². The van der Waals surface area contributed by atoms with E-state index in [0.717, 1.165) is 0 Å². The number of rotatable bonds is 2. The first-order chi connectivity index (χ1) is 8.90. The second-order valence-electron chi connectivity index (χ2n) is 4.06. The molecular weight excluding hydrogens is 287 g/mol. The van der Waals surface area contributed by atoms with Gasteiger partial charge in [0.25, 0.3) is 0 Å². The number of carbonyl (C=O) groups excluding carboxylic acids is 1. The summed E-state index contributed by atoms with van der Waals surface area (Å²) in [6, 6.07) is 6.33. The maximum atomic E-state index is 11.6. The van der Waals surface area contributed by atoms with Crippen LogP contribution in [-0.2, 0) is 0 Å². The summed E-state index contributed by atoms with van der Waals surface area (Å²) in [6.07, 6.45) is 0. The number of aromatic nitrogens is 2. The van der Waals surface area contributed by atoms with Gasteiger partial charge in [-0.2, -0.15) is 5.10 Å². The summed E-state index contributed by atoms with van der Waals surface area (Å²) in [7, 11) is 0. The maximum Gasteiger partial charge on any atom is 0.211 e. The third kappa shape index (κ3) is 2.69. The number of nitrogens with zero attached hydrogens (tertiary/aromatic N) is 2. The molecule has 0 spiro atoms. The lowest BCUT2D eigenvalue weighted by Gasteiger charge is -2.11. The van der Waals surface area contributed by atoms with Crippen molar-refractivity contribution in [3.63, 3.8) is 0 Å². The molecule has 1 heterocycles. The van der Waals surface area contributed by atoms with Crippen LogP contribution in [0.2, 0.25) is 10.0 Å². The van der Waals surface area contributed by atoms with Gasteiger partial charge in [0, 0.05) is 18.7 Å². The molecule has 0 aliphatic carbocycles. The predicted octanol–water partition coefficient (Wildman–Crippen LogP) is 3.05. The predicted molar refractivity (Wildman–Crippen MR) is 74.6 cm³/mol. The topological polar surface area (TPSA) is 52.0 Å². The zero-order valence-electron chi connectivity index (χ0n) is 10.3. The Kier molecular flexibility index (Phi) is 3.73. The molecule has 0 unspecified atom stereocenters. The smallest absolute Gasteiger partial charge is 0.211 e. The number of hydrogen-bond acceptors (Lipinski definition) is 3. The van der Waals surface area contributed by atoms with E-state index in [0.29, 0.717) is 21.4 Å². The van der Waals surface area contributed by atoms with E-state index in [-0.39, 0.29) is 16.9 Å². The molecule has 1 aromatic carbocycles. The van der Waals surface area contributed by atoms with Crippen LogP contribution in [0.3, 0.4) is 0 Å². The Morgan fingerprint density at radius 3 is 2.47 bits per heavy atom.